The van der Waals surface area contributed by atoms with Crippen LogP contribution in [-0.2, 0) is 13.9 Å². The number of aromatic nitrogens is 2. The predicted octanol–water partition coefficient (Wildman–Crippen LogP) is 3.59. The topological polar surface area (TPSA) is 82.6 Å². The van der Waals surface area contributed by atoms with E-state index in [-0.39, 0.29) is 17.2 Å². The number of hydrogen-bond acceptors (Lipinski definition) is 5. The number of aromatic amines is 1. The van der Waals surface area contributed by atoms with E-state index >= 15 is 0 Å². The van der Waals surface area contributed by atoms with Crippen LogP contribution in [0.4, 0.5) is 0 Å². The van der Waals surface area contributed by atoms with Crippen LogP contribution >= 0.6 is 0 Å². The molecular weight excluding hydrogens is 388 g/mol. The molecule has 164 valence electrons. The van der Waals surface area contributed by atoms with Crippen LogP contribution in [0.1, 0.15) is 53.2 Å². The maximum atomic E-state index is 12.4. The first kappa shape index (κ1) is 23.8. The second kappa shape index (κ2) is 9.12. The average Bonchev–Trinajstić information content (AvgIpc) is 2.90. The lowest BCUT2D eigenvalue weighted by Crippen LogP contribution is -2.49. The third kappa shape index (κ3) is 5.57. The number of nitrogens with zero attached hydrogens (tertiary/aromatic N) is 1. The van der Waals surface area contributed by atoms with Crippen LogP contribution in [0.5, 0.6) is 0 Å². The van der Waals surface area contributed by atoms with Gasteiger partial charge in [-0.05, 0) is 44.3 Å². The summed E-state index contributed by atoms with van der Waals surface area (Å²) in [7, 11) is -0.500. The van der Waals surface area contributed by atoms with Crippen LogP contribution in [-0.4, -0.2) is 43.3 Å². The number of methoxy groups -OCH3 is 1. The molecule has 2 heterocycles. The molecule has 1 aliphatic rings. The maximum absolute atomic E-state index is 12.4. The molecule has 4 atom stereocenters. The van der Waals surface area contributed by atoms with Gasteiger partial charge >= 0.3 is 5.69 Å². The number of hydrogen-bond donors (Lipinski definition) is 1. The summed E-state index contributed by atoms with van der Waals surface area (Å²) in [5.41, 5.74) is 0.171. The summed E-state index contributed by atoms with van der Waals surface area (Å²) in [6.45, 7) is 17.0. The van der Waals surface area contributed by atoms with E-state index in [9.17, 15) is 9.59 Å². The minimum Gasteiger partial charge on any atom is -0.408 e. The molecule has 2 rings (SSSR count). The first-order chi connectivity index (χ1) is 13.4. The molecule has 1 aliphatic heterocycles. The first-order valence-corrected chi connectivity index (χ1v) is 13.1. The fourth-order valence-corrected chi connectivity index (χ4v) is 4.63. The van der Waals surface area contributed by atoms with E-state index in [1.165, 1.54) is 16.8 Å². The molecule has 1 aromatic heterocycles. The monoisotopic (exact) mass is 424 g/mol. The van der Waals surface area contributed by atoms with Crippen molar-refractivity contribution >= 4 is 8.32 Å². The summed E-state index contributed by atoms with van der Waals surface area (Å²) >= 11 is 0. The molecule has 0 spiro atoms. The van der Waals surface area contributed by atoms with Crippen LogP contribution in [0.25, 0.3) is 0 Å². The lowest BCUT2D eigenvalue weighted by molar-refractivity contribution is -0.0549. The summed E-state index contributed by atoms with van der Waals surface area (Å²) in [5, 5.41) is 0.0282. The second-order valence-corrected chi connectivity index (χ2v) is 14.2. The van der Waals surface area contributed by atoms with E-state index in [1.54, 1.807) is 7.11 Å². The molecule has 1 N–H and O–H groups in total. The van der Waals surface area contributed by atoms with E-state index < -0.39 is 31.9 Å². The third-order valence-electron chi connectivity index (χ3n) is 6.01. The van der Waals surface area contributed by atoms with Gasteiger partial charge in [0.1, 0.15) is 12.2 Å². The summed E-state index contributed by atoms with van der Waals surface area (Å²) in [5.74, 6) is 0. The van der Waals surface area contributed by atoms with Gasteiger partial charge in [0.15, 0.2) is 14.5 Å². The Morgan fingerprint density at radius 3 is 2.48 bits per heavy atom. The van der Waals surface area contributed by atoms with Gasteiger partial charge in [0.05, 0.1) is 6.10 Å². The van der Waals surface area contributed by atoms with Crippen LogP contribution in [0, 0.1) is 0 Å². The lowest BCUT2D eigenvalue weighted by atomic mass is 10.0. The van der Waals surface area contributed by atoms with Crippen molar-refractivity contribution in [2.45, 2.75) is 89.6 Å². The zero-order chi connectivity index (χ0) is 22.0. The zero-order valence-electron chi connectivity index (χ0n) is 18.8. The van der Waals surface area contributed by atoms with Gasteiger partial charge in [-0.1, -0.05) is 26.3 Å². The molecule has 0 bridgehead atoms. The van der Waals surface area contributed by atoms with E-state index in [4.69, 9.17) is 13.9 Å². The quantitative estimate of drug-likeness (QED) is 0.509. The Morgan fingerprint density at radius 1 is 1.31 bits per heavy atom. The molecule has 8 heteroatoms. The van der Waals surface area contributed by atoms with Crippen molar-refractivity contribution in [2.24, 2.45) is 0 Å². The molecule has 0 saturated carbocycles. The van der Waals surface area contributed by atoms with Gasteiger partial charge in [-0.3, -0.25) is 14.3 Å². The van der Waals surface area contributed by atoms with Crippen LogP contribution in [0.2, 0.25) is 18.1 Å². The van der Waals surface area contributed by atoms with Gasteiger partial charge < -0.3 is 13.9 Å². The minimum atomic E-state index is -2.11. The highest BCUT2D eigenvalue weighted by atomic mass is 28.4. The molecule has 0 aliphatic carbocycles. The maximum Gasteiger partial charge on any atom is 0.330 e. The Kier molecular flexibility index (Phi) is 7.48. The van der Waals surface area contributed by atoms with Crippen molar-refractivity contribution in [1.29, 1.82) is 0 Å². The van der Waals surface area contributed by atoms with E-state index in [0.717, 1.165) is 24.8 Å². The van der Waals surface area contributed by atoms with Gasteiger partial charge in [0.2, 0.25) is 0 Å². The van der Waals surface area contributed by atoms with Gasteiger partial charge in [-0.25, -0.2) is 4.79 Å². The average molecular weight is 425 g/mol. The van der Waals surface area contributed by atoms with Crippen molar-refractivity contribution in [1.82, 2.24) is 9.55 Å². The summed E-state index contributed by atoms with van der Waals surface area (Å²) in [4.78, 5) is 26.1. The van der Waals surface area contributed by atoms with Crippen LogP contribution in [0.15, 0.2) is 34.0 Å². The largest absolute Gasteiger partial charge is 0.408 e. The minimum absolute atomic E-state index is 0.0282. The Hall–Kier alpha value is -1.48. The smallest absolute Gasteiger partial charge is 0.330 e. The number of nitrogens with one attached hydrogen (secondary N) is 1. The summed E-state index contributed by atoms with van der Waals surface area (Å²) in [6, 6.07) is 1.32. The van der Waals surface area contributed by atoms with E-state index in [2.05, 4.69) is 45.4 Å². The fraction of sp³-hybridized carbons (Fsp3) is 0.714. The zero-order valence-corrected chi connectivity index (χ0v) is 19.8. The van der Waals surface area contributed by atoms with E-state index in [1.807, 2.05) is 6.92 Å². The molecule has 7 nitrogen and oxygen atoms in total. The fourth-order valence-electron chi connectivity index (χ4n) is 3.31. The van der Waals surface area contributed by atoms with Crippen molar-refractivity contribution in [3.63, 3.8) is 0 Å². The second-order valence-electron chi connectivity index (χ2n) is 9.47. The van der Waals surface area contributed by atoms with Crippen molar-refractivity contribution in [2.75, 3.05) is 7.11 Å². The van der Waals surface area contributed by atoms with Gasteiger partial charge in [-0.15, -0.1) is 6.58 Å². The van der Waals surface area contributed by atoms with Crippen LogP contribution in [0.3, 0.4) is 0 Å². The lowest BCUT2D eigenvalue weighted by Gasteiger charge is -2.40. The Labute approximate surface area is 174 Å². The highest BCUT2D eigenvalue weighted by Gasteiger charge is 2.51. The molecule has 1 aromatic rings. The molecule has 29 heavy (non-hydrogen) atoms. The SMILES string of the molecule is C=C(C)CCC[C@H]1O[C@@H](n2ccc(=O)[nH]c2=O)C(OC)C1O[Si](C)(C)C(C)(C)C. The van der Waals surface area contributed by atoms with Crippen molar-refractivity contribution in [3.8, 4) is 0 Å². The van der Waals surface area contributed by atoms with Crippen molar-refractivity contribution < 1.29 is 13.9 Å². The molecule has 0 amide bonds. The highest BCUT2D eigenvalue weighted by molar-refractivity contribution is 6.74. The normalized spacial score (nSPS) is 25.3. The number of ether oxygens (including phenoxy) is 2. The number of allylic oxidation sites excluding steroid dienone is 1. The molecule has 1 fully saturated rings. The van der Waals surface area contributed by atoms with Crippen LogP contribution < -0.4 is 11.2 Å². The predicted molar refractivity (Wildman–Crippen MR) is 117 cm³/mol. The highest BCUT2D eigenvalue weighted by Crippen LogP contribution is 2.42. The molecule has 1 saturated heterocycles. The molecule has 0 aromatic carbocycles. The van der Waals surface area contributed by atoms with Gasteiger partial charge in [0, 0.05) is 19.4 Å². The first-order valence-electron chi connectivity index (χ1n) is 10.2. The third-order valence-corrected chi connectivity index (χ3v) is 10.5. The standard InChI is InChI=1S/C21H36N2O5Si/c1-14(2)10-9-11-15-17(28-29(7,8)21(3,4)5)18(26-6)19(27-15)23-13-12-16(24)22-20(23)25/h12-13,15,17-19H,1,9-11H2,2-8H3,(H,22,24,25)/t15-,17?,18?,19-/m1/s1. The Morgan fingerprint density at radius 2 is 1.97 bits per heavy atom. The van der Waals surface area contributed by atoms with Gasteiger partial charge in [0.25, 0.3) is 5.56 Å². The number of H-pyrrole nitrogens is 1. The van der Waals surface area contributed by atoms with Crippen molar-refractivity contribution in [3.05, 3.63) is 45.3 Å². The Bertz CT molecular complexity index is 823. The van der Waals surface area contributed by atoms with Gasteiger partial charge in [-0.2, -0.15) is 0 Å². The molecule has 2 unspecified atom stereocenters. The number of rotatable bonds is 8. The van der Waals surface area contributed by atoms with E-state index in [0.29, 0.717) is 0 Å². The summed E-state index contributed by atoms with van der Waals surface area (Å²) < 4.78 is 20.2. The summed E-state index contributed by atoms with van der Waals surface area (Å²) in [6.07, 6.45) is 2.44. The Balaban J connectivity index is 2.37. The molecule has 0 radical (unpaired) electrons. The molecular formula is C21H36N2O5Si.